The molecule has 0 aliphatic heterocycles. The Balaban J connectivity index is 2.44. The lowest BCUT2D eigenvalue weighted by molar-refractivity contribution is 0.417. The van der Waals surface area contributed by atoms with Crippen molar-refractivity contribution in [2.75, 3.05) is 11.8 Å². The quantitative estimate of drug-likeness (QED) is 0.921. The van der Waals surface area contributed by atoms with Crippen LogP contribution >= 0.6 is 34.5 Å². The zero-order valence-electron chi connectivity index (χ0n) is 9.68. The molecule has 102 valence electrons. The number of methoxy groups -OCH3 is 1. The Kier molecular flexibility index (Phi) is 4.25. The maximum atomic E-state index is 12.1. The SMILES string of the molecule is COc1c(Cl)cc(Cl)cc1NS(=O)(=O)c1cccs1. The molecule has 0 saturated carbocycles. The molecule has 0 unspecified atom stereocenters. The molecule has 4 nitrogen and oxygen atoms in total. The highest BCUT2D eigenvalue weighted by atomic mass is 35.5. The van der Waals surface area contributed by atoms with Crippen LogP contribution in [-0.4, -0.2) is 15.5 Å². The molecule has 2 aromatic rings. The second kappa shape index (κ2) is 5.58. The molecular formula is C11H9Cl2NO3S2. The largest absolute Gasteiger partial charge is 0.493 e. The number of halogens is 2. The third-order valence-electron chi connectivity index (χ3n) is 2.22. The Labute approximate surface area is 125 Å². The summed E-state index contributed by atoms with van der Waals surface area (Å²) in [6.45, 7) is 0. The number of ether oxygens (including phenoxy) is 1. The van der Waals surface area contributed by atoms with Gasteiger partial charge in [-0.1, -0.05) is 29.3 Å². The Morgan fingerprint density at radius 1 is 1.32 bits per heavy atom. The van der Waals surface area contributed by atoms with Crippen LogP contribution in [0, 0.1) is 0 Å². The molecule has 1 aromatic heterocycles. The molecule has 0 spiro atoms. The summed E-state index contributed by atoms with van der Waals surface area (Å²) in [5.41, 5.74) is 0.202. The standard InChI is InChI=1S/C11H9Cl2NO3S2/c1-17-11-8(13)5-7(12)6-9(11)14-19(15,16)10-3-2-4-18-10/h2-6,14H,1H3. The molecule has 0 amide bonds. The van der Waals surface area contributed by atoms with E-state index >= 15 is 0 Å². The van der Waals surface area contributed by atoms with Crippen LogP contribution < -0.4 is 9.46 Å². The molecular weight excluding hydrogens is 329 g/mol. The van der Waals surface area contributed by atoms with Crippen LogP contribution in [0.25, 0.3) is 0 Å². The minimum atomic E-state index is -3.66. The van der Waals surface area contributed by atoms with Crippen molar-refractivity contribution in [3.8, 4) is 5.75 Å². The first-order chi connectivity index (χ1) is 8.94. The second-order valence-electron chi connectivity index (χ2n) is 3.51. The highest BCUT2D eigenvalue weighted by Crippen LogP contribution is 2.37. The van der Waals surface area contributed by atoms with Crippen molar-refractivity contribution in [3.05, 3.63) is 39.7 Å². The number of thiophene rings is 1. The van der Waals surface area contributed by atoms with Crippen LogP contribution in [0.5, 0.6) is 5.75 Å². The van der Waals surface area contributed by atoms with E-state index < -0.39 is 10.0 Å². The number of anilines is 1. The van der Waals surface area contributed by atoms with E-state index in [1.807, 2.05) is 0 Å². The van der Waals surface area contributed by atoms with E-state index in [1.165, 1.54) is 25.3 Å². The summed E-state index contributed by atoms with van der Waals surface area (Å²) in [4.78, 5) is 0. The lowest BCUT2D eigenvalue weighted by atomic mass is 10.3. The van der Waals surface area contributed by atoms with Gasteiger partial charge in [-0.25, -0.2) is 8.42 Å². The van der Waals surface area contributed by atoms with Gasteiger partial charge in [0.15, 0.2) is 5.75 Å². The summed E-state index contributed by atoms with van der Waals surface area (Å²) in [6.07, 6.45) is 0. The number of hydrogen-bond donors (Lipinski definition) is 1. The lowest BCUT2D eigenvalue weighted by Gasteiger charge is -2.12. The van der Waals surface area contributed by atoms with Crippen LogP contribution in [0.4, 0.5) is 5.69 Å². The van der Waals surface area contributed by atoms with Crippen LogP contribution in [0.15, 0.2) is 33.9 Å². The molecule has 1 heterocycles. The summed E-state index contributed by atoms with van der Waals surface area (Å²) >= 11 is 12.9. The van der Waals surface area contributed by atoms with Crippen molar-refractivity contribution in [1.82, 2.24) is 0 Å². The van der Waals surface area contributed by atoms with Crippen LogP contribution in [0.3, 0.4) is 0 Å². The van der Waals surface area contributed by atoms with Gasteiger partial charge in [-0.15, -0.1) is 11.3 Å². The van der Waals surface area contributed by atoms with E-state index in [0.717, 1.165) is 11.3 Å². The Morgan fingerprint density at radius 3 is 2.63 bits per heavy atom. The van der Waals surface area contributed by atoms with E-state index in [9.17, 15) is 8.42 Å². The maximum Gasteiger partial charge on any atom is 0.271 e. The minimum Gasteiger partial charge on any atom is -0.493 e. The first kappa shape index (κ1) is 14.5. The zero-order chi connectivity index (χ0) is 14.0. The van der Waals surface area contributed by atoms with Crippen molar-refractivity contribution in [1.29, 1.82) is 0 Å². The molecule has 0 radical (unpaired) electrons. The molecule has 0 saturated heterocycles. The number of nitrogens with one attached hydrogen (secondary N) is 1. The minimum absolute atomic E-state index is 0.200. The third kappa shape index (κ3) is 3.14. The first-order valence-electron chi connectivity index (χ1n) is 5.03. The summed E-state index contributed by atoms with van der Waals surface area (Å²) < 4.78 is 31.9. The monoisotopic (exact) mass is 337 g/mol. The van der Waals surface area contributed by atoms with Crippen molar-refractivity contribution in [2.45, 2.75) is 4.21 Å². The van der Waals surface area contributed by atoms with Gasteiger partial charge in [0, 0.05) is 5.02 Å². The van der Waals surface area contributed by atoms with Gasteiger partial charge in [0.25, 0.3) is 10.0 Å². The van der Waals surface area contributed by atoms with Crippen LogP contribution in [-0.2, 0) is 10.0 Å². The van der Waals surface area contributed by atoms with Gasteiger partial charge in [-0.05, 0) is 23.6 Å². The van der Waals surface area contributed by atoms with E-state index in [4.69, 9.17) is 27.9 Å². The average molecular weight is 338 g/mol. The highest BCUT2D eigenvalue weighted by molar-refractivity contribution is 7.94. The van der Waals surface area contributed by atoms with Crippen molar-refractivity contribution in [2.24, 2.45) is 0 Å². The summed E-state index contributed by atoms with van der Waals surface area (Å²) in [7, 11) is -2.26. The molecule has 19 heavy (non-hydrogen) atoms. The Morgan fingerprint density at radius 2 is 2.05 bits per heavy atom. The number of rotatable bonds is 4. The predicted octanol–water partition coefficient (Wildman–Crippen LogP) is 3.86. The van der Waals surface area contributed by atoms with Crippen LogP contribution in [0.2, 0.25) is 10.0 Å². The smallest absolute Gasteiger partial charge is 0.271 e. The molecule has 8 heteroatoms. The van der Waals surface area contributed by atoms with E-state index in [0.29, 0.717) is 5.02 Å². The molecule has 1 N–H and O–H groups in total. The van der Waals surface area contributed by atoms with Gasteiger partial charge in [0.05, 0.1) is 17.8 Å². The molecule has 2 rings (SSSR count). The zero-order valence-corrected chi connectivity index (χ0v) is 12.8. The fraction of sp³-hybridized carbons (Fsp3) is 0.0909. The van der Waals surface area contributed by atoms with Crippen molar-refractivity contribution < 1.29 is 13.2 Å². The highest BCUT2D eigenvalue weighted by Gasteiger charge is 2.19. The fourth-order valence-corrected chi connectivity index (χ4v) is 4.07. The van der Waals surface area contributed by atoms with Gasteiger partial charge in [-0.2, -0.15) is 0 Å². The summed E-state index contributed by atoms with van der Waals surface area (Å²) in [5, 5.41) is 2.23. The number of hydrogen-bond acceptors (Lipinski definition) is 4. The van der Waals surface area contributed by atoms with Crippen molar-refractivity contribution >= 4 is 50.2 Å². The summed E-state index contributed by atoms with van der Waals surface area (Å²) in [6, 6.07) is 6.08. The predicted molar refractivity (Wildman–Crippen MR) is 78.1 cm³/mol. The van der Waals surface area contributed by atoms with E-state index in [-0.39, 0.29) is 20.7 Å². The van der Waals surface area contributed by atoms with Gasteiger partial charge >= 0.3 is 0 Å². The van der Waals surface area contributed by atoms with Crippen LogP contribution in [0.1, 0.15) is 0 Å². The topological polar surface area (TPSA) is 55.4 Å². The molecule has 0 bridgehead atoms. The van der Waals surface area contributed by atoms with Gasteiger partial charge in [-0.3, -0.25) is 4.72 Å². The van der Waals surface area contributed by atoms with Crippen molar-refractivity contribution in [3.63, 3.8) is 0 Å². The Hall–Kier alpha value is -0.950. The normalized spacial score (nSPS) is 11.3. The van der Waals surface area contributed by atoms with Gasteiger partial charge in [0.2, 0.25) is 0 Å². The molecule has 0 aliphatic rings. The number of sulfonamides is 1. The molecule has 0 fully saturated rings. The van der Waals surface area contributed by atoms with E-state index in [2.05, 4.69) is 4.72 Å². The van der Waals surface area contributed by atoms with E-state index in [1.54, 1.807) is 11.4 Å². The molecule has 0 atom stereocenters. The average Bonchev–Trinajstić information content (AvgIpc) is 2.81. The number of benzene rings is 1. The lowest BCUT2D eigenvalue weighted by Crippen LogP contribution is -2.12. The van der Waals surface area contributed by atoms with Gasteiger partial charge < -0.3 is 4.74 Å². The second-order valence-corrected chi connectivity index (χ2v) is 7.21. The fourth-order valence-electron chi connectivity index (χ4n) is 1.46. The maximum absolute atomic E-state index is 12.1. The first-order valence-corrected chi connectivity index (χ1v) is 8.15. The molecule has 0 aliphatic carbocycles. The summed E-state index contributed by atoms with van der Waals surface area (Å²) in [5.74, 6) is 0.228. The van der Waals surface area contributed by atoms with Gasteiger partial charge in [0.1, 0.15) is 4.21 Å². The molecule has 1 aromatic carbocycles. The third-order valence-corrected chi connectivity index (χ3v) is 5.48. The Bertz CT molecular complexity index is 684.